The van der Waals surface area contributed by atoms with Crippen molar-refractivity contribution in [1.29, 1.82) is 0 Å². The Kier molecular flexibility index (Phi) is 7.62. The van der Waals surface area contributed by atoms with E-state index in [1.54, 1.807) is 7.11 Å². The Morgan fingerprint density at radius 2 is 2.50 bits per heavy atom. The quantitative estimate of drug-likeness (QED) is 0.463. The van der Waals surface area contributed by atoms with Crippen molar-refractivity contribution in [3.05, 3.63) is 0 Å². The van der Waals surface area contributed by atoms with Crippen LogP contribution in [0.25, 0.3) is 0 Å². The topological polar surface area (TPSA) is 35.2 Å². The van der Waals surface area contributed by atoms with Gasteiger partial charge in [0.05, 0.1) is 0 Å². The Hall–Kier alpha value is 1.38. The molecule has 0 aromatic carbocycles. The van der Waals surface area contributed by atoms with Crippen LogP contribution in [0.4, 0.5) is 0 Å². The second-order valence-electron chi connectivity index (χ2n) is 1.21. The number of alkyl halides is 2. The number of hydrogen-bond acceptors (Lipinski definition) is 2. The van der Waals surface area contributed by atoms with E-state index in [4.69, 9.17) is 8.80 Å². The third-order valence-electron chi connectivity index (χ3n) is 0.571. The zero-order valence-electron chi connectivity index (χ0n) is 4.73. The Labute approximate surface area is 74.5 Å². The van der Waals surface area contributed by atoms with Crippen LogP contribution >= 0.6 is 22.6 Å². The van der Waals surface area contributed by atoms with Crippen LogP contribution in [0.15, 0.2) is 0 Å². The van der Waals surface area contributed by atoms with Crippen molar-refractivity contribution in [2.24, 2.45) is 5.73 Å². The van der Waals surface area contributed by atoms with Crippen LogP contribution in [-0.2, 0) is 3.07 Å². The molecule has 4 heteroatoms. The van der Waals surface area contributed by atoms with Crippen LogP contribution in [0.5, 0.6) is 0 Å². The van der Waals surface area contributed by atoms with E-state index in [2.05, 4.69) is 22.6 Å². The molecule has 0 radical (unpaired) electrons. The number of halogens is 2. The summed E-state index contributed by atoms with van der Waals surface area (Å²) in [7, 11) is 1.76. The molecule has 0 spiro atoms. The molecule has 1 unspecified atom stereocenters. The van der Waals surface area contributed by atoms with Gasteiger partial charge in [-0.15, -0.1) is 0 Å². The molecule has 0 aromatic heterocycles. The summed E-state index contributed by atoms with van der Waals surface area (Å²) in [5, 5.41) is 0. The summed E-state index contributed by atoms with van der Waals surface area (Å²) in [6.07, 6.45) is 1.10. The van der Waals surface area contributed by atoms with E-state index in [1.165, 1.54) is 0 Å². The molecule has 8 heavy (non-hydrogen) atoms. The van der Waals surface area contributed by atoms with Crippen molar-refractivity contribution >= 4 is 22.6 Å². The Morgan fingerprint density at radius 1 is 1.88 bits per heavy atom. The van der Waals surface area contributed by atoms with Crippen molar-refractivity contribution in [2.45, 2.75) is 8.35 Å². The van der Waals surface area contributed by atoms with Crippen LogP contribution in [0.1, 0.15) is 6.42 Å². The molecular formula is C4H10I2NO-. The molecule has 0 saturated carbocycles. The molecule has 0 aromatic rings. The van der Waals surface area contributed by atoms with Crippen molar-refractivity contribution in [2.75, 3.05) is 13.7 Å². The summed E-state index contributed by atoms with van der Waals surface area (Å²) >= 11 is 2.35. The standard InChI is InChI=1S/C4H10I2NO/c1-8-6-4(5)2-3-7/h4H,2-3,7H2,1H3/q-1. The number of rotatable bonds is 4. The van der Waals surface area contributed by atoms with E-state index in [0.717, 1.165) is 13.0 Å². The van der Waals surface area contributed by atoms with Gasteiger partial charge in [-0.3, -0.25) is 0 Å². The molecule has 2 nitrogen and oxygen atoms in total. The van der Waals surface area contributed by atoms with Gasteiger partial charge in [-0.05, 0) is 0 Å². The minimum absolute atomic E-state index is 0.0345. The summed E-state index contributed by atoms with van der Waals surface area (Å²) in [5.74, 6) is 0. The molecule has 0 heterocycles. The summed E-state index contributed by atoms with van der Waals surface area (Å²) < 4.78 is 5.70. The summed E-state index contributed by atoms with van der Waals surface area (Å²) in [6, 6.07) is 0. The van der Waals surface area contributed by atoms with E-state index < -0.39 is 0 Å². The van der Waals surface area contributed by atoms with Gasteiger partial charge in [-0.1, -0.05) is 0 Å². The Morgan fingerprint density at radius 3 is 2.88 bits per heavy atom. The van der Waals surface area contributed by atoms with Gasteiger partial charge < -0.3 is 0 Å². The average molecular weight is 342 g/mol. The molecular weight excluding hydrogens is 332 g/mol. The predicted octanol–water partition coefficient (Wildman–Crippen LogP) is -2.25. The van der Waals surface area contributed by atoms with Gasteiger partial charge in [-0.2, -0.15) is 0 Å². The van der Waals surface area contributed by atoms with Gasteiger partial charge in [0.1, 0.15) is 0 Å². The minimum atomic E-state index is -0.0345. The molecule has 0 aliphatic carbocycles. The van der Waals surface area contributed by atoms with Gasteiger partial charge in [0.25, 0.3) is 0 Å². The zero-order valence-corrected chi connectivity index (χ0v) is 9.05. The van der Waals surface area contributed by atoms with Gasteiger partial charge in [-0.25, -0.2) is 0 Å². The molecule has 0 saturated heterocycles. The summed E-state index contributed by atoms with van der Waals surface area (Å²) in [4.78, 5) is 0. The van der Waals surface area contributed by atoms with Crippen molar-refractivity contribution < 1.29 is 24.7 Å². The maximum atomic E-state index is 5.32. The summed E-state index contributed by atoms with van der Waals surface area (Å²) in [6.45, 7) is 0.788. The fourth-order valence-corrected chi connectivity index (χ4v) is 3.08. The zero-order chi connectivity index (χ0) is 6.41. The van der Waals surface area contributed by atoms with E-state index in [1.807, 2.05) is 0 Å². The first-order chi connectivity index (χ1) is 3.81. The molecule has 0 rings (SSSR count). The van der Waals surface area contributed by atoms with Crippen molar-refractivity contribution in [3.8, 4) is 0 Å². The fraction of sp³-hybridized carbons (Fsp3) is 1.00. The first-order valence-corrected chi connectivity index (χ1v) is 5.69. The van der Waals surface area contributed by atoms with Gasteiger partial charge >= 0.3 is 75.0 Å². The van der Waals surface area contributed by atoms with Gasteiger partial charge in [0.2, 0.25) is 0 Å². The number of nitrogens with two attached hydrogens (primary N) is 1. The number of hydrogen-bond donors (Lipinski definition) is 1. The second-order valence-corrected chi connectivity index (χ2v) is 7.99. The fourth-order valence-electron chi connectivity index (χ4n) is 0.267. The molecule has 0 aliphatic rings. The van der Waals surface area contributed by atoms with Crippen LogP contribution in [0, 0.1) is 0 Å². The molecule has 52 valence electrons. The average Bonchev–Trinajstić information content (AvgIpc) is 1.68. The molecule has 0 bridgehead atoms. The first-order valence-electron chi connectivity index (χ1n) is 2.32. The van der Waals surface area contributed by atoms with Crippen molar-refractivity contribution in [3.63, 3.8) is 0 Å². The molecule has 0 amide bonds. The molecule has 1 atom stereocenters. The second kappa shape index (κ2) is 6.50. The summed E-state index contributed by atoms with van der Waals surface area (Å²) in [5.41, 5.74) is 5.32. The molecule has 0 fully saturated rings. The molecule has 2 N–H and O–H groups in total. The van der Waals surface area contributed by atoms with Crippen LogP contribution in [0.2, 0.25) is 0 Å². The van der Waals surface area contributed by atoms with Crippen LogP contribution in [0.3, 0.4) is 0 Å². The third-order valence-corrected chi connectivity index (χ3v) is 4.17. The maximum absolute atomic E-state index is 5.32. The van der Waals surface area contributed by atoms with Gasteiger partial charge in [0.15, 0.2) is 0 Å². The first kappa shape index (κ1) is 9.38. The van der Waals surface area contributed by atoms with E-state index in [9.17, 15) is 0 Å². The predicted molar refractivity (Wildman–Crippen MR) is 38.5 cm³/mol. The van der Waals surface area contributed by atoms with Crippen LogP contribution < -0.4 is 27.4 Å². The Bertz CT molecular complexity index is 47.3. The Balaban J connectivity index is 2.92. The SMILES string of the molecule is CO[I-]C(I)CCN. The third kappa shape index (κ3) is 5.52. The van der Waals surface area contributed by atoms with E-state index in [0.29, 0.717) is 1.93 Å². The van der Waals surface area contributed by atoms with Crippen molar-refractivity contribution in [1.82, 2.24) is 0 Å². The van der Waals surface area contributed by atoms with E-state index in [-0.39, 0.29) is 21.6 Å². The van der Waals surface area contributed by atoms with Crippen LogP contribution in [-0.4, -0.2) is 15.6 Å². The van der Waals surface area contributed by atoms with E-state index >= 15 is 0 Å². The molecule has 0 aliphatic heterocycles. The normalized spacial score (nSPS) is 14.4. The monoisotopic (exact) mass is 342 g/mol. The van der Waals surface area contributed by atoms with Gasteiger partial charge in [0, 0.05) is 0 Å².